The first-order valence-corrected chi connectivity index (χ1v) is 10.3. The van der Waals surface area contributed by atoms with Crippen LogP contribution in [-0.4, -0.2) is 42.2 Å². The smallest absolute Gasteiger partial charge is 0.224 e. The average Bonchev–Trinajstić information content (AvgIpc) is 3.36. The highest BCUT2D eigenvalue weighted by Crippen LogP contribution is 2.55. The number of hydrogen-bond acceptors (Lipinski definition) is 4. The Balaban J connectivity index is 1.26. The van der Waals surface area contributed by atoms with Crippen LogP contribution in [0.25, 0.3) is 0 Å². The van der Waals surface area contributed by atoms with Crippen molar-refractivity contribution in [3.05, 3.63) is 59.8 Å². The van der Waals surface area contributed by atoms with E-state index in [0.717, 1.165) is 37.3 Å². The van der Waals surface area contributed by atoms with Crippen molar-refractivity contribution in [3.8, 4) is 0 Å². The molecule has 3 saturated heterocycles. The molecule has 2 bridgehead atoms. The Morgan fingerprint density at radius 3 is 2.96 bits per heavy atom. The molecule has 5 rings (SSSR count). The predicted molar refractivity (Wildman–Crippen MR) is 108 cm³/mol. The minimum absolute atomic E-state index is 0.0521. The van der Waals surface area contributed by atoms with Gasteiger partial charge in [-0.15, -0.1) is 0 Å². The standard InChI is InChI=1S/C23H27N3O2/c1-16-6-5-11-24-22(16)26-14-19-18(20-9-10-23(19,15-26)28-20)13-25-21(27)12-17-7-3-2-4-8-17/h2-8,11,18-20H,9-10,12-15H2,1H3,(H,25,27)/t18-,19+,20+,23+/m0/s1. The first kappa shape index (κ1) is 17.7. The average molecular weight is 377 g/mol. The molecule has 4 heterocycles. The van der Waals surface area contributed by atoms with Crippen molar-refractivity contribution in [2.75, 3.05) is 24.5 Å². The highest BCUT2D eigenvalue weighted by atomic mass is 16.5. The Bertz CT molecular complexity index is 871. The number of carbonyl (C=O) groups is 1. The Hall–Kier alpha value is -2.40. The Morgan fingerprint density at radius 1 is 1.29 bits per heavy atom. The van der Waals surface area contributed by atoms with Crippen LogP contribution < -0.4 is 10.2 Å². The van der Waals surface area contributed by atoms with Gasteiger partial charge in [0.05, 0.1) is 18.1 Å². The van der Waals surface area contributed by atoms with Crippen LogP contribution in [0.2, 0.25) is 0 Å². The van der Waals surface area contributed by atoms with E-state index in [-0.39, 0.29) is 17.6 Å². The molecule has 3 aliphatic heterocycles. The van der Waals surface area contributed by atoms with Crippen LogP contribution >= 0.6 is 0 Å². The quantitative estimate of drug-likeness (QED) is 0.871. The third kappa shape index (κ3) is 2.98. The Labute approximate surface area is 166 Å². The summed E-state index contributed by atoms with van der Waals surface area (Å²) < 4.78 is 6.52. The Kier molecular flexibility index (Phi) is 4.35. The van der Waals surface area contributed by atoms with Gasteiger partial charge in [0.25, 0.3) is 0 Å². The van der Waals surface area contributed by atoms with E-state index in [1.807, 2.05) is 42.6 Å². The first-order valence-electron chi connectivity index (χ1n) is 10.3. The molecule has 1 aromatic heterocycles. The monoisotopic (exact) mass is 377 g/mol. The van der Waals surface area contributed by atoms with E-state index in [0.29, 0.717) is 24.8 Å². The summed E-state index contributed by atoms with van der Waals surface area (Å²) in [4.78, 5) is 19.4. The topological polar surface area (TPSA) is 54.5 Å². The van der Waals surface area contributed by atoms with Gasteiger partial charge in [-0.25, -0.2) is 4.98 Å². The number of ether oxygens (including phenoxy) is 1. The van der Waals surface area contributed by atoms with E-state index in [2.05, 4.69) is 28.2 Å². The molecular weight excluding hydrogens is 350 g/mol. The van der Waals surface area contributed by atoms with Crippen molar-refractivity contribution >= 4 is 11.7 Å². The number of fused-ring (bicyclic) bond motifs is 1. The molecule has 3 fully saturated rings. The molecule has 1 aromatic carbocycles. The fourth-order valence-electron chi connectivity index (χ4n) is 5.51. The van der Waals surface area contributed by atoms with Crippen molar-refractivity contribution in [2.24, 2.45) is 11.8 Å². The van der Waals surface area contributed by atoms with E-state index in [1.165, 1.54) is 5.56 Å². The lowest BCUT2D eigenvalue weighted by Gasteiger charge is -2.29. The van der Waals surface area contributed by atoms with Crippen LogP contribution in [0, 0.1) is 18.8 Å². The molecule has 2 aromatic rings. The van der Waals surface area contributed by atoms with E-state index < -0.39 is 0 Å². The number of hydrogen-bond donors (Lipinski definition) is 1. The highest BCUT2D eigenvalue weighted by Gasteiger charge is 2.63. The van der Waals surface area contributed by atoms with E-state index in [1.54, 1.807) is 0 Å². The Morgan fingerprint density at radius 2 is 2.14 bits per heavy atom. The van der Waals surface area contributed by atoms with Gasteiger partial charge in [0.2, 0.25) is 5.91 Å². The summed E-state index contributed by atoms with van der Waals surface area (Å²) in [6, 6.07) is 14.0. The van der Waals surface area contributed by atoms with Gasteiger partial charge in [-0.2, -0.15) is 0 Å². The molecule has 28 heavy (non-hydrogen) atoms. The number of anilines is 1. The summed E-state index contributed by atoms with van der Waals surface area (Å²) in [6.07, 6.45) is 4.82. The molecule has 1 N–H and O–H groups in total. The molecule has 5 heteroatoms. The third-order valence-corrected chi connectivity index (χ3v) is 6.81. The van der Waals surface area contributed by atoms with Gasteiger partial charge in [-0.05, 0) is 37.0 Å². The highest BCUT2D eigenvalue weighted by molar-refractivity contribution is 5.78. The maximum absolute atomic E-state index is 12.4. The number of pyridine rings is 1. The summed E-state index contributed by atoms with van der Waals surface area (Å²) in [5.41, 5.74) is 2.21. The van der Waals surface area contributed by atoms with E-state index >= 15 is 0 Å². The van der Waals surface area contributed by atoms with Crippen LogP contribution in [0.4, 0.5) is 5.82 Å². The lowest BCUT2D eigenvalue weighted by Crippen LogP contribution is -2.42. The fraction of sp³-hybridized carbons (Fsp3) is 0.478. The van der Waals surface area contributed by atoms with Crippen LogP contribution in [0.1, 0.15) is 24.0 Å². The van der Waals surface area contributed by atoms with Crippen molar-refractivity contribution < 1.29 is 9.53 Å². The van der Waals surface area contributed by atoms with Crippen LogP contribution in [0.3, 0.4) is 0 Å². The maximum Gasteiger partial charge on any atom is 0.224 e. The van der Waals surface area contributed by atoms with Crippen molar-refractivity contribution in [1.29, 1.82) is 0 Å². The zero-order chi connectivity index (χ0) is 19.1. The number of aryl methyl sites for hydroxylation is 1. The number of aromatic nitrogens is 1. The summed E-state index contributed by atoms with van der Waals surface area (Å²) in [7, 11) is 0. The summed E-state index contributed by atoms with van der Waals surface area (Å²) >= 11 is 0. The van der Waals surface area contributed by atoms with Gasteiger partial charge in [0, 0.05) is 37.7 Å². The summed E-state index contributed by atoms with van der Waals surface area (Å²) in [5, 5.41) is 3.18. The minimum atomic E-state index is -0.0521. The zero-order valence-corrected chi connectivity index (χ0v) is 16.3. The van der Waals surface area contributed by atoms with Crippen molar-refractivity contribution in [2.45, 2.75) is 37.9 Å². The van der Waals surface area contributed by atoms with Crippen LogP contribution in [0.15, 0.2) is 48.7 Å². The molecule has 0 saturated carbocycles. The molecule has 5 nitrogen and oxygen atoms in total. The molecule has 3 aliphatic rings. The second kappa shape index (κ2) is 6.89. The minimum Gasteiger partial charge on any atom is -0.369 e. The SMILES string of the molecule is Cc1cccnc1N1C[C@@H]2[C@H](CNC(=O)Cc3ccccc3)[C@H]3CC[C@]2(C1)O3. The third-order valence-electron chi connectivity index (χ3n) is 6.81. The normalized spacial score (nSPS) is 30.5. The fourth-order valence-corrected chi connectivity index (χ4v) is 5.51. The summed E-state index contributed by atoms with van der Waals surface area (Å²) in [5.74, 6) is 2.02. The predicted octanol–water partition coefficient (Wildman–Crippen LogP) is 2.73. The molecule has 0 unspecified atom stereocenters. The number of amides is 1. The molecular formula is C23H27N3O2. The molecule has 1 amide bonds. The van der Waals surface area contributed by atoms with Crippen LogP contribution in [0.5, 0.6) is 0 Å². The first-order chi connectivity index (χ1) is 13.6. The van der Waals surface area contributed by atoms with E-state index in [4.69, 9.17) is 4.74 Å². The number of nitrogens with zero attached hydrogens (tertiary/aromatic N) is 2. The molecule has 0 aliphatic carbocycles. The number of nitrogens with one attached hydrogen (secondary N) is 1. The largest absolute Gasteiger partial charge is 0.369 e. The van der Waals surface area contributed by atoms with Crippen LogP contribution in [-0.2, 0) is 16.0 Å². The number of benzene rings is 1. The second-order valence-corrected chi connectivity index (χ2v) is 8.52. The number of rotatable bonds is 5. The lowest BCUT2D eigenvalue weighted by molar-refractivity contribution is -0.120. The molecule has 146 valence electrons. The van der Waals surface area contributed by atoms with E-state index in [9.17, 15) is 4.79 Å². The van der Waals surface area contributed by atoms with Gasteiger partial charge in [0.15, 0.2) is 0 Å². The van der Waals surface area contributed by atoms with Crippen molar-refractivity contribution in [3.63, 3.8) is 0 Å². The summed E-state index contributed by atoms with van der Waals surface area (Å²) in [6.45, 7) is 4.71. The van der Waals surface area contributed by atoms with Crippen molar-refractivity contribution in [1.82, 2.24) is 10.3 Å². The lowest BCUT2D eigenvalue weighted by atomic mass is 9.73. The van der Waals surface area contributed by atoms with Gasteiger partial charge in [-0.3, -0.25) is 4.79 Å². The number of carbonyl (C=O) groups excluding carboxylic acids is 1. The molecule has 1 spiro atoms. The maximum atomic E-state index is 12.4. The molecule has 4 atom stereocenters. The zero-order valence-electron chi connectivity index (χ0n) is 16.3. The van der Waals surface area contributed by atoms with Gasteiger partial charge in [0.1, 0.15) is 5.82 Å². The second-order valence-electron chi connectivity index (χ2n) is 8.52. The van der Waals surface area contributed by atoms with Gasteiger partial charge in [-0.1, -0.05) is 36.4 Å². The van der Waals surface area contributed by atoms with Gasteiger partial charge >= 0.3 is 0 Å². The van der Waals surface area contributed by atoms with Gasteiger partial charge < -0.3 is 15.0 Å². The molecule has 0 radical (unpaired) electrons.